The number of thioether (sulfide) groups is 1. The molecule has 0 saturated heterocycles. The Labute approximate surface area is 118 Å². The first-order valence-corrected chi connectivity index (χ1v) is 7.31. The van der Waals surface area contributed by atoms with Gasteiger partial charge in [0.1, 0.15) is 6.54 Å². The van der Waals surface area contributed by atoms with Crippen molar-refractivity contribution in [2.75, 3.05) is 18.8 Å². The lowest BCUT2D eigenvalue weighted by atomic mass is 10.2. The fraction of sp³-hybridized carbons (Fsp3) is 0.429. The van der Waals surface area contributed by atoms with Gasteiger partial charge in [0, 0.05) is 11.4 Å². The van der Waals surface area contributed by atoms with E-state index in [1.165, 1.54) is 17.3 Å². The van der Waals surface area contributed by atoms with Gasteiger partial charge in [0.2, 0.25) is 5.91 Å². The van der Waals surface area contributed by atoms with Gasteiger partial charge in [0.25, 0.3) is 0 Å². The molecule has 0 aliphatic rings. The molecule has 0 spiro atoms. The maximum Gasteiger partial charge on any atom is 0.231 e. The van der Waals surface area contributed by atoms with E-state index in [4.69, 9.17) is 5.26 Å². The number of hydrogen-bond donors (Lipinski definition) is 2. The highest BCUT2D eigenvalue weighted by molar-refractivity contribution is 8.00. The molecule has 0 aliphatic heterocycles. The number of nitrogens with zero attached hydrogens (tertiary/aromatic N) is 1. The predicted molar refractivity (Wildman–Crippen MR) is 77.8 cm³/mol. The summed E-state index contributed by atoms with van der Waals surface area (Å²) in [6.45, 7) is 4.07. The molecule has 4 nitrogen and oxygen atoms in total. The summed E-state index contributed by atoms with van der Waals surface area (Å²) < 4.78 is 0. The molecule has 0 aliphatic carbocycles. The van der Waals surface area contributed by atoms with E-state index in [-0.39, 0.29) is 12.5 Å². The van der Waals surface area contributed by atoms with E-state index in [9.17, 15) is 4.79 Å². The van der Waals surface area contributed by atoms with Gasteiger partial charge < -0.3 is 10.6 Å². The molecule has 19 heavy (non-hydrogen) atoms. The van der Waals surface area contributed by atoms with Gasteiger partial charge in [-0.15, -0.1) is 11.8 Å². The maximum atomic E-state index is 11.4. The van der Waals surface area contributed by atoms with Crippen molar-refractivity contribution in [3.05, 3.63) is 29.8 Å². The molecule has 0 bridgehead atoms. The van der Waals surface area contributed by atoms with E-state index in [0.29, 0.717) is 5.75 Å². The molecule has 0 aromatic heterocycles. The molecule has 0 fully saturated rings. The average Bonchev–Trinajstić information content (AvgIpc) is 2.44. The van der Waals surface area contributed by atoms with Crippen LogP contribution in [0.15, 0.2) is 29.2 Å². The summed E-state index contributed by atoms with van der Waals surface area (Å²) in [6, 6.07) is 10.0. The standard InChI is InChI=1S/C14H19N3OS/c1-2-7-16-10-12-4-3-5-13(9-12)19-11-14(18)17-8-6-15/h3-5,9,16H,2,7-8,10-11H2,1H3,(H,17,18). The quantitative estimate of drug-likeness (QED) is 0.433. The number of nitrogens with one attached hydrogen (secondary N) is 2. The van der Waals surface area contributed by atoms with Crippen molar-refractivity contribution in [3.63, 3.8) is 0 Å². The Hall–Kier alpha value is -1.51. The number of hydrogen-bond acceptors (Lipinski definition) is 4. The third kappa shape index (κ3) is 6.85. The molecule has 102 valence electrons. The molecular formula is C14H19N3OS. The van der Waals surface area contributed by atoms with E-state index in [1.807, 2.05) is 18.2 Å². The molecule has 1 aromatic carbocycles. The van der Waals surface area contributed by atoms with Gasteiger partial charge in [-0.1, -0.05) is 19.1 Å². The Morgan fingerprint density at radius 3 is 3.05 bits per heavy atom. The van der Waals surface area contributed by atoms with Crippen molar-refractivity contribution >= 4 is 17.7 Å². The zero-order valence-electron chi connectivity index (χ0n) is 11.1. The second kappa shape index (κ2) is 9.42. The largest absolute Gasteiger partial charge is 0.342 e. The van der Waals surface area contributed by atoms with Crippen molar-refractivity contribution in [2.45, 2.75) is 24.8 Å². The van der Waals surface area contributed by atoms with Gasteiger partial charge in [-0.25, -0.2) is 0 Å². The number of rotatable bonds is 8. The van der Waals surface area contributed by atoms with E-state index < -0.39 is 0 Å². The lowest BCUT2D eigenvalue weighted by Crippen LogP contribution is -2.25. The van der Waals surface area contributed by atoms with Crippen LogP contribution in [0.3, 0.4) is 0 Å². The van der Waals surface area contributed by atoms with Crippen LogP contribution in [0.25, 0.3) is 0 Å². The molecule has 2 N–H and O–H groups in total. The van der Waals surface area contributed by atoms with Crippen LogP contribution >= 0.6 is 11.8 Å². The first-order chi connectivity index (χ1) is 9.26. The summed E-state index contributed by atoms with van der Waals surface area (Å²) >= 11 is 1.48. The van der Waals surface area contributed by atoms with Crippen LogP contribution in [0.2, 0.25) is 0 Å². The van der Waals surface area contributed by atoms with E-state index in [0.717, 1.165) is 24.4 Å². The smallest absolute Gasteiger partial charge is 0.231 e. The topological polar surface area (TPSA) is 64.9 Å². The summed E-state index contributed by atoms with van der Waals surface area (Å²) in [7, 11) is 0. The molecule has 0 saturated carbocycles. The van der Waals surface area contributed by atoms with E-state index in [2.05, 4.69) is 29.7 Å². The maximum absolute atomic E-state index is 11.4. The van der Waals surface area contributed by atoms with Gasteiger partial charge in [0.15, 0.2) is 0 Å². The molecule has 1 aromatic rings. The third-order valence-electron chi connectivity index (χ3n) is 2.39. The van der Waals surface area contributed by atoms with Gasteiger partial charge in [-0.2, -0.15) is 5.26 Å². The zero-order chi connectivity index (χ0) is 13.9. The number of carbonyl (C=O) groups excluding carboxylic acids is 1. The molecule has 1 amide bonds. The summed E-state index contributed by atoms with van der Waals surface area (Å²) in [5, 5.41) is 14.2. The number of carbonyl (C=O) groups is 1. The highest BCUT2D eigenvalue weighted by Gasteiger charge is 2.02. The summed E-state index contributed by atoms with van der Waals surface area (Å²) in [5.74, 6) is 0.231. The minimum Gasteiger partial charge on any atom is -0.342 e. The fourth-order valence-corrected chi connectivity index (χ4v) is 2.30. The fourth-order valence-electron chi connectivity index (χ4n) is 1.49. The molecule has 0 unspecified atom stereocenters. The highest BCUT2D eigenvalue weighted by atomic mass is 32.2. The van der Waals surface area contributed by atoms with Crippen LogP contribution in [0.5, 0.6) is 0 Å². The Kier molecular flexibility index (Phi) is 7.71. The molecule has 0 radical (unpaired) electrons. The van der Waals surface area contributed by atoms with E-state index >= 15 is 0 Å². The third-order valence-corrected chi connectivity index (χ3v) is 3.38. The van der Waals surface area contributed by atoms with Crippen LogP contribution in [0.1, 0.15) is 18.9 Å². The summed E-state index contributed by atoms with van der Waals surface area (Å²) in [4.78, 5) is 12.4. The second-order valence-corrected chi connectivity index (χ2v) is 5.10. The van der Waals surface area contributed by atoms with Crippen molar-refractivity contribution in [1.82, 2.24) is 10.6 Å². The van der Waals surface area contributed by atoms with Crippen LogP contribution < -0.4 is 10.6 Å². The van der Waals surface area contributed by atoms with Gasteiger partial charge in [0.05, 0.1) is 11.8 Å². The van der Waals surface area contributed by atoms with Crippen LogP contribution in [0, 0.1) is 11.3 Å². The Bertz CT molecular complexity index is 443. The van der Waals surface area contributed by atoms with Crippen molar-refractivity contribution in [1.29, 1.82) is 5.26 Å². The minimum atomic E-state index is -0.110. The monoisotopic (exact) mass is 277 g/mol. The second-order valence-electron chi connectivity index (χ2n) is 4.05. The van der Waals surface area contributed by atoms with Gasteiger partial charge in [-0.05, 0) is 30.7 Å². The van der Waals surface area contributed by atoms with Crippen LogP contribution in [-0.2, 0) is 11.3 Å². The molecular weight excluding hydrogens is 258 g/mol. The Morgan fingerprint density at radius 2 is 2.32 bits per heavy atom. The molecule has 5 heteroatoms. The highest BCUT2D eigenvalue weighted by Crippen LogP contribution is 2.18. The summed E-state index contributed by atoms with van der Waals surface area (Å²) in [6.07, 6.45) is 1.12. The van der Waals surface area contributed by atoms with Crippen LogP contribution in [0.4, 0.5) is 0 Å². The van der Waals surface area contributed by atoms with Crippen molar-refractivity contribution < 1.29 is 4.79 Å². The molecule has 1 rings (SSSR count). The molecule has 0 atom stereocenters. The van der Waals surface area contributed by atoms with Gasteiger partial charge >= 0.3 is 0 Å². The van der Waals surface area contributed by atoms with E-state index in [1.54, 1.807) is 0 Å². The normalized spacial score (nSPS) is 9.89. The number of amides is 1. The first-order valence-electron chi connectivity index (χ1n) is 6.32. The SMILES string of the molecule is CCCNCc1cccc(SCC(=O)NCC#N)c1. The predicted octanol–water partition coefficient (Wildman–Crippen LogP) is 1.92. The average molecular weight is 277 g/mol. The van der Waals surface area contributed by atoms with Crippen molar-refractivity contribution in [3.8, 4) is 6.07 Å². The first kappa shape index (κ1) is 15.5. The Balaban J connectivity index is 2.39. The van der Waals surface area contributed by atoms with Gasteiger partial charge in [-0.3, -0.25) is 4.79 Å². The number of nitriles is 1. The van der Waals surface area contributed by atoms with Crippen molar-refractivity contribution in [2.24, 2.45) is 0 Å². The lowest BCUT2D eigenvalue weighted by Gasteiger charge is -2.06. The van der Waals surface area contributed by atoms with Crippen LogP contribution in [-0.4, -0.2) is 24.7 Å². The summed E-state index contributed by atoms with van der Waals surface area (Å²) in [5.41, 5.74) is 1.22. The lowest BCUT2D eigenvalue weighted by molar-refractivity contribution is -0.118. The zero-order valence-corrected chi connectivity index (χ0v) is 11.9. The Morgan fingerprint density at radius 1 is 1.47 bits per heavy atom. The number of benzene rings is 1. The molecule has 0 heterocycles. The minimum absolute atomic E-state index is 0.0698.